The van der Waals surface area contributed by atoms with Crippen molar-refractivity contribution < 1.29 is 9.21 Å². The molecule has 6 rings (SSSR count). The van der Waals surface area contributed by atoms with Crippen LogP contribution in [0.2, 0.25) is 0 Å². The van der Waals surface area contributed by atoms with Crippen LogP contribution in [0.15, 0.2) is 82.0 Å². The van der Waals surface area contributed by atoms with E-state index in [1.54, 1.807) is 36.5 Å². The Labute approximate surface area is 200 Å². The molecule has 168 valence electrons. The van der Waals surface area contributed by atoms with Crippen molar-refractivity contribution >= 4 is 38.4 Å². The summed E-state index contributed by atoms with van der Waals surface area (Å²) in [6.07, 6.45) is 1.78. The molecule has 0 radical (unpaired) electrons. The van der Waals surface area contributed by atoms with Gasteiger partial charge in [-0.15, -0.1) is 11.3 Å². The van der Waals surface area contributed by atoms with Crippen LogP contribution in [0.5, 0.6) is 0 Å². The number of aromatic nitrogens is 1. The van der Waals surface area contributed by atoms with Crippen LogP contribution >= 0.6 is 11.3 Å². The van der Waals surface area contributed by atoms with Gasteiger partial charge in [-0.2, -0.15) is 0 Å². The minimum Gasteiger partial charge on any atom is -0.455 e. The third-order valence-corrected chi connectivity index (χ3v) is 7.66. The minimum absolute atomic E-state index is 0.0779. The second-order valence-corrected chi connectivity index (χ2v) is 9.67. The van der Waals surface area contributed by atoms with Crippen LogP contribution in [0.4, 0.5) is 0 Å². The van der Waals surface area contributed by atoms with Gasteiger partial charge in [0, 0.05) is 17.7 Å². The van der Waals surface area contributed by atoms with E-state index in [0.717, 1.165) is 33.6 Å². The highest BCUT2D eigenvalue weighted by Gasteiger charge is 2.34. The van der Waals surface area contributed by atoms with Crippen molar-refractivity contribution in [2.75, 3.05) is 6.54 Å². The van der Waals surface area contributed by atoms with Crippen LogP contribution in [0.1, 0.15) is 39.8 Å². The van der Waals surface area contributed by atoms with Gasteiger partial charge in [-0.05, 0) is 44.0 Å². The third-order valence-electron chi connectivity index (χ3n) is 6.52. The fourth-order valence-corrected chi connectivity index (χ4v) is 5.91. The molecule has 1 atom stereocenters. The molecule has 1 amide bonds. The summed E-state index contributed by atoms with van der Waals surface area (Å²) in [7, 11) is 0. The van der Waals surface area contributed by atoms with Gasteiger partial charge < -0.3 is 9.32 Å². The van der Waals surface area contributed by atoms with Crippen LogP contribution < -0.4 is 5.43 Å². The number of benzene rings is 3. The van der Waals surface area contributed by atoms with E-state index in [1.165, 1.54) is 0 Å². The minimum atomic E-state index is -0.127. The summed E-state index contributed by atoms with van der Waals surface area (Å²) in [5.41, 5.74) is 2.96. The van der Waals surface area contributed by atoms with Crippen molar-refractivity contribution in [3.05, 3.63) is 99.2 Å². The van der Waals surface area contributed by atoms with Crippen LogP contribution in [0, 0.1) is 6.92 Å². The molecule has 34 heavy (non-hydrogen) atoms. The Morgan fingerprint density at radius 2 is 1.82 bits per heavy atom. The predicted octanol–water partition coefficient (Wildman–Crippen LogP) is 6.36. The number of amides is 1. The first-order valence-electron chi connectivity index (χ1n) is 11.4. The van der Waals surface area contributed by atoms with Crippen molar-refractivity contribution in [2.24, 2.45) is 0 Å². The Morgan fingerprint density at radius 3 is 2.65 bits per heavy atom. The molecule has 1 saturated heterocycles. The SMILES string of the molecule is Cc1c(-c2ccccc2)oc2c(C(=O)N3CCCC3c3nc4ccccc4s3)cccc2c1=O. The van der Waals surface area contributed by atoms with E-state index >= 15 is 0 Å². The predicted molar refractivity (Wildman–Crippen MR) is 135 cm³/mol. The smallest absolute Gasteiger partial charge is 0.258 e. The summed E-state index contributed by atoms with van der Waals surface area (Å²) in [4.78, 5) is 33.8. The van der Waals surface area contributed by atoms with E-state index in [0.29, 0.717) is 34.4 Å². The van der Waals surface area contributed by atoms with Crippen LogP contribution in [0.25, 0.3) is 32.5 Å². The van der Waals surface area contributed by atoms with E-state index in [4.69, 9.17) is 9.40 Å². The lowest BCUT2D eigenvalue weighted by Crippen LogP contribution is -2.30. The molecule has 3 heterocycles. The molecule has 2 aromatic heterocycles. The average Bonchev–Trinajstić information content (AvgIpc) is 3.53. The largest absolute Gasteiger partial charge is 0.455 e. The fraction of sp³-hybridized carbons (Fsp3) is 0.179. The quantitative estimate of drug-likeness (QED) is 0.311. The molecule has 1 aliphatic heterocycles. The number of hydrogen-bond acceptors (Lipinski definition) is 5. The zero-order valence-electron chi connectivity index (χ0n) is 18.7. The number of carbonyl (C=O) groups is 1. The van der Waals surface area contributed by atoms with Gasteiger partial charge in [0.2, 0.25) is 0 Å². The van der Waals surface area contributed by atoms with Gasteiger partial charge in [0.15, 0.2) is 11.0 Å². The number of hydrogen-bond donors (Lipinski definition) is 0. The monoisotopic (exact) mass is 466 g/mol. The first-order valence-corrected chi connectivity index (χ1v) is 12.2. The Kier molecular flexibility index (Phi) is 5.03. The highest BCUT2D eigenvalue weighted by atomic mass is 32.1. The highest BCUT2D eigenvalue weighted by Crippen LogP contribution is 2.38. The molecule has 5 aromatic rings. The van der Waals surface area contributed by atoms with Crippen molar-refractivity contribution in [3.8, 4) is 11.3 Å². The number of thiazole rings is 1. The maximum atomic E-state index is 13.8. The van der Waals surface area contributed by atoms with Crippen molar-refractivity contribution in [1.29, 1.82) is 0 Å². The lowest BCUT2D eigenvalue weighted by atomic mass is 10.0. The molecule has 6 heteroatoms. The topological polar surface area (TPSA) is 63.4 Å². The summed E-state index contributed by atoms with van der Waals surface area (Å²) in [6, 6.07) is 22.8. The van der Waals surface area contributed by atoms with Crippen molar-refractivity contribution in [3.63, 3.8) is 0 Å². The second kappa shape index (κ2) is 8.22. The standard InChI is InChI=1S/C28H22N2O3S/c1-17-24(31)19-11-7-12-20(26(19)33-25(17)18-9-3-2-4-10-18)28(32)30-16-8-14-22(30)27-29-21-13-5-6-15-23(21)34-27/h2-7,9-13,15,22H,8,14,16H2,1H3. The normalized spacial score (nSPS) is 15.9. The molecule has 3 aromatic carbocycles. The molecule has 0 saturated carbocycles. The Balaban J connectivity index is 1.46. The second-order valence-electron chi connectivity index (χ2n) is 8.61. The summed E-state index contributed by atoms with van der Waals surface area (Å²) in [5.74, 6) is 0.376. The van der Waals surface area contributed by atoms with Crippen LogP contribution in [0.3, 0.4) is 0 Å². The van der Waals surface area contributed by atoms with E-state index in [1.807, 2.05) is 53.4 Å². The summed E-state index contributed by atoms with van der Waals surface area (Å²) < 4.78 is 7.42. The molecule has 1 unspecified atom stereocenters. The van der Waals surface area contributed by atoms with Crippen LogP contribution in [-0.4, -0.2) is 22.3 Å². The highest BCUT2D eigenvalue weighted by molar-refractivity contribution is 7.18. The fourth-order valence-electron chi connectivity index (χ4n) is 4.80. The summed E-state index contributed by atoms with van der Waals surface area (Å²) >= 11 is 1.64. The summed E-state index contributed by atoms with van der Waals surface area (Å²) in [6.45, 7) is 2.42. The molecular weight excluding hydrogens is 444 g/mol. The van der Waals surface area contributed by atoms with Crippen LogP contribution in [-0.2, 0) is 0 Å². The molecule has 0 spiro atoms. The molecule has 5 nitrogen and oxygen atoms in total. The van der Waals surface area contributed by atoms with E-state index < -0.39 is 0 Å². The first-order chi connectivity index (χ1) is 16.6. The number of rotatable bonds is 3. The van der Waals surface area contributed by atoms with Gasteiger partial charge in [-0.1, -0.05) is 48.5 Å². The average molecular weight is 467 g/mol. The molecule has 1 aliphatic rings. The Morgan fingerprint density at radius 1 is 1.03 bits per heavy atom. The first kappa shape index (κ1) is 20.8. The van der Waals surface area contributed by atoms with Gasteiger partial charge in [-0.3, -0.25) is 9.59 Å². The molecule has 0 N–H and O–H groups in total. The molecule has 1 fully saturated rings. The van der Waals surface area contributed by atoms with Gasteiger partial charge in [0.05, 0.1) is 27.2 Å². The van der Waals surface area contributed by atoms with E-state index in [-0.39, 0.29) is 17.4 Å². The number of fused-ring (bicyclic) bond motifs is 2. The van der Waals surface area contributed by atoms with E-state index in [9.17, 15) is 9.59 Å². The zero-order valence-corrected chi connectivity index (χ0v) is 19.5. The van der Waals surface area contributed by atoms with Gasteiger partial charge in [0.25, 0.3) is 5.91 Å². The Bertz CT molecular complexity index is 1570. The molecular formula is C28H22N2O3S. The lowest BCUT2D eigenvalue weighted by molar-refractivity contribution is 0.0736. The maximum Gasteiger partial charge on any atom is 0.258 e. The Hall–Kier alpha value is -3.77. The van der Waals surface area contributed by atoms with Crippen molar-refractivity contribution in [2.45, 2.75) is 25.8 Å². The lowest BCUT2D eigenvalue weighted by Gasteiger charge is -2.23. The third kappa shape index (κ3) is 3.33. The zero-order chi connectivity index (χ0) is 23.2. The van der Waals surface area contributed by atoms with Gasteiger partial charge >= 0.3 is 0 Å². The number of nitrogens with zero attached hydrogens (tertiary/aromatic N) is 2. The maximum absolute atomic E-state index is 13.8. The van der Waals surface area contributed by atoms with E-state index in [2.05, 4.69) is 6.07 Å². The van der Waals surface area contributed by atoms with Gasteiger partial charge in [0.1, 0.15) is 10.8 Å². The molecule has 0 bridgehead atoms. The summed E-state index contributed by atoms with van der Waals surface area (Å²) in [5, 5.41) is 1.38. The number of carbonyl (C=O) groups excluding carboxylic acids is 1. The van der Waals surface area contributed by atoms with Gasteiger partial charge in [-0.25, -0.2) is 4.98 Å². The number of likely N-dealkylation sites (tertiary alicyclic amines) is 1. The van der Waals surface area contributed by atoms with Crippen molar-refractivity contribution in [1.82, 2.24) is 9.88 Å². The number of para-hydroxylation sites is 2. The molecule has 0 aliphatic carbocycles.